The molecule has 20 heavy (non-hydrogen) atoms. The van der Waals surface area contributed by atoms with Crippen molar-refractivity contribution in [3.05, 3.63) is 34.7 Å². The lowest BCUT2D eigenvalue weighted by Gasteiger charge is -2.09. The van der Waals surface area contributed by atoms with Gasteiger partial charge in [-0.25, -0.2) is 0 Å². The number of benzene rings is 1. The van der Waals surface area contributed by atoms with E-state index in [-0.39, 0.29) is 36.6 Å². The van der Waals surface area contributed by atoms with Crippen molar-refractivity contribution in [2.45, 2.75) is 0 Å². The molecule has 0 radical (unpaired) electrons. The fraction of sp³-hybridized carbons (Fsp3) is 0.231. The molecule has 5 nitrogen and oxygen atoms in total. The molecule has 0 aromatic heterocycles. The molecule has 0 bridgehead atoms. The van der Waals surface area contributed by atoms with Gasteiger partial charge in [0.15, 0.2) is 0 Å². The molecule has 2 amide bonds. The third kappa shape index (κ3) is 3.53. The molecular formula is C13H15ClN2O3S. The second-order valence-corrected chi connectivity index (χ2v) is 4.89. The quantitative estimate of drug-likeness (QED) is 0.862. The topological polar surface area (TPSA) is 72.6 Å². The molecule has 0 saturated carbocycles. The molecule has 108 valence electrons. The minimum absolute atomic E-state index is 0. The van der Waals surface area contributed by atoms with Crippen molar-refractivity contribution in [1.82, 2.24) is 4.90 Å². The predicted molar refractivity (Wildman–Crippen MR) is 82.0 cm³/mol. The molecule has 1 aromatic rings. The Morgan fingerprint density at radius 3 is 2.80 bits per heavy atom. The third-order valence-electron chi connectivity index (χ3n) is 2.62. The van der Waals surface area contributed by atoms with Crippen LogP contribution in [-0.2, 0) is 4.79 Å². The van der Waals surface area contributed by atoms with Crippen LogP contribution in [0.2, 0.25) is 0 Å². The van der Waals surface area contributed by atoms with Gasteiger partial charge in [-0.2, -0.15) is 0 Å². The number of imide groups is 1. The molecule has 0 atom stereocenters. The zero-order valence-corrected chi connectivity index (χ0v) is 12.5. The Morgan fingerprint density at radius 1 is 1.40 bits per heavy atom. The standard InChI is InChI=1S/C13H14N2O3S.ClH/c1-18-10-4-2-3-9(7-10)8-11-12(16)15(6-5-14)13(17)19-11;/h2-4,7-8H,5-6,14H2,1H3;1H. The molecule has 0 aliphatic carbocycles. The zero-order chi connectivity index (χ0) is 13.8. The van der Waals surface area contributed by atoms with E-state index in [2.05, 4.69) is 0 Å². The van der Waals surface area contributed by atoms with Crippen molar-refractivity contribution in [2.24, 2.45) is 5.73 Å². The van der Waals surface area contributed by atoms with Gasteiger partial charge in [0.25, 0.3) is 11.1 Å². The van der Waals surface area contributed by atoms with Gasteiger partial charge in [-0.3, -0.25) is 14.5 Å². The Morgan fingerprint density at radius 2 is 2.15 bits per heavy atom. The molecule has 1 fully saturated rings. The number of nitrogens with two attached hydrogens (primary N) is 1. The minimum Gasteiger partial charge on any atom is -0.497 e. The van der Waals surface area contributed by atoms with Crippen LogP contribution in [0.4, 0.5) is 4.79 Å². The van der Waals surface area contributed by atoms with Crippen LogP contribution in [0.1, 0.15) is 5.56 Å². The van der Waals surface area contributed by atoms with Crippen LogP contribution in [0.15, 0.2) is 29.2 Å². The van der Waals surface area contributed by atoms with E-state index in [4.69, 9.17) is 10.5 Å². The maximum absolute atomic E-state index is 12.0. The monoisotopic (exact) mass is 314 g/mol. The third-order valence-corrected chi connectivity index (χ3v) is 3.53. The van der Waals surface area contributed by atoms with E-state index >= 15 is 0 Å². The summed E-state index contributed by atoms with van der Waals surface area (Å²) in [6.45, 7) is 0.518. The molecule has 2 N–H and O–H groups in total. The first-order chi connectivity index (χ1) is 9.15. The molecule has 0 unspecified atom stereocenters. The van der Waals surface area contributed by atoms with E-state index in [1.54, 1.807) is 19.3 Å². The van der Waals surface area contributed by atoms with Gasteiger partial charge in [0.1, 0.15) is 5.75 Å². The molecular weight excluding hydrogens is 300 g/mol. The Balaban J connectivity index is 0.00000200. The molecule has 0 spiro atoms. The van der Waals surface area contributed by atoms with Crippen molar-refractivity contribution in [1.29, 1.82) is 0 Å². The highest BCUT2D eigenvalue weighted by Crippen LogP contribution is 2.32. The van der Waals surface area contributed by atoms with Crippen molar-refractivity contribution < 1.29 is 14.3 Å². The second-order valence-electron chi connectivity index (χ2n) is 3.90. The van der Waals surface area contributed by atoms with E-state index in [1.807, 2.05) is 18.2 Å². The smallest absolute Gasteiger partial charge is 0.293 e. The highest BCUT2D eigenvalue weighted by Gasteiger charge is 2.34. The Kier molecular flexibility index (Phi) is 6.06. The number of halogens is 1. The van der Waals surface area contributed by atoms with Gasteiger partial charge in [-0.05, 0) is 35.5 Å². The van der Waals surface area contributed by atoms with Gasteiger partial charge in [0.05, 0.1) is 12.0 Å². The molecule has 1 heterocycles. The lowest BCUT2D eigenvalue weighted by Crippen LogP contribution is -2.33. The summed E-state index contributed by atoms with van der Waals surface area (Å²) < 4.78 is 5.11. The first kappa shape index (κ1) is 16.6. The summed E-state index contributed by atoms with van der Waals surface area (Å²) in [5, 5.41) is -0.274. The molecule has 1 aliphatic rings. The first-order valence-electron chi connectivity index (χ1n) is 5.75. The van der Waals surface area contributed by atoms with Gasteiger partial charge in [0, 0.05) is 13.1 Å². The first-order valence-corrected chi connectivity index (χ1v) is 6.57. The van der Waals surface area contributed by atoms with E-state index in [0.29, 0.717) is 10.7 Å². The van der Waals surface area contributed by atoms with Crippen LogP contribution in [0.25, 0.3) is 6.08 Å². The molecule has 1 saturated heterocycles. The Labute approximate surface area is 127 Å². The molecule has 1 aromatic carbocycles. The van der Waals surface area contributed by atoms with Crippen LogP contribution in [0.3, 0.4) is 0 Å². The predicted octanol–water partition coefficient (Wildman–Crippen LogP) is 2.11. The molecule has 1 aliphatic heterocycles. The van der Waals surface area contributed by atoms with Crippen LogP contribution >= 0.6 is 24.2 Å². The van der Waals surface area contributed by atoms with Crippen LogP contribution in [-0.4, -0.2) is 36.2 Å². The number of carbonyl (C=O) groups excluding carboxylic acids is 2. The maximum Gasteiger partial charge on any atom is 0.293 e. The highest BCUT2D eigenvalue weighted by molar-refractivity contribution is 8.18. The highest BCUT2D eigenvalue weighted by atomic mass is 35.5. The van der Waals surface area contributed by atoms with Gasteiger partial charge >= 0.3 is 0 Å². The number of methoxy groups -OCH3 is 1. The van der Waals surface area contributed by atoms with Crippen molar-refractivity contribution in [2.75, 3.05) is 20.2 Å². The SMILES string of the molecule is COc1cccc(C=C2SC(=O)N(CCN)C2=O)c1.Cl. The van der Waals surface area contributed by atoms with Crippen molar-refractivity contribution in [3.63, 3.8) is 0 Å². The fourth-order valence-corrected chi connectivity index (χ4v) is 2.57. The van der Waals surface area contributed by atoms with E-state index < -0.39 is 0 Å². The normalized spacial score (nSPS) is 16.5. The average Bonchev–Trinajstić information content (AvgIpc) is 2.67. The summed E-state index contributed by atoms with van der Waals surface area (Å²) in [6.07, 6.45) is 1.68. The number of nitrogens with zero attached hydrogens (tertiary/aromatic N) is 1. The molecule has 7 heteroatoms. The van der Waals surface area contributed by atoms with Crippen LogP contribution < -0.4 is 10.5 Å². The average molecular weight is 315 g/mol. The number of thioether (sulfide) groups is 1. The number of ether oxygens (including phenoxy) is 1. The number of hydrogen-bond acceptors (Lipinski definition) is 5. The summed E-state index contributed by atoms with van der Waals surface area (Å²) in [6, 6.07) is 7.29. The lowest BCUT2D eigenvalue weighted by molar-refractivity contribution is -0.122. The van der Waals surface area contributed by atoms with Crippen LogP contribution in [0, 0.1) is 0 Å². The zero-order valence-electron chi connectivity index (χ0n) is 10.9. The van der Waals surface area contributed by atoms with E-state index in [1.165, 1.54) is 0 Å². The summed E-state index contributed by atoms with van der Waals surface area (Å²) in [7, 11) is 1.58. The fourth-order valence-electron chi connectivity index (χ4n) is 1.70. The summed E-state index contributed by atoms with van der Waals surface area (Å²) in [5.74, 6) is 0.415. The summed E-state index contributed by atoms with van der Waals surface area (Å²) in [4.78, 5) is 25.2. The second kappa shape index (κ2) is 7.33. The van der Waals surface area contributed by atoms with E-state index in [0.717, 1.165) is 22.2 Å². The number of hydrogen-bond donors (Lipinski definition) is 1. The van der Waals surface area contributed by atoms with Crippen molar-refractivity contribution in [3.8, 4) is 5.75 Å². The number of rotatable bonds is 4. The number of amides is 2. The van der Waals surface area contributed by atoms with Gasteiger partial charge in [-0.1, -0.05) is 12.1 Å². The van der Waals surface area contributed by atoms with Crippen molar-refractivity contribution >= 4 is 41.4 Å². The molecule has 2 rings (SSSR count). The largest absolute Gasteiger partial charge is 0.497 e. The van der Waals surface area contributed by atoms with Crippen LogP contribution in [0.5, 0.6) is 5.75 Å². The Bertz CT molecular complexity index is 548. The Hall–Kier alpha value is -1.50. The van der Waals surface area contributed by atoms with Gasteiger partial charge in [0.2, 0.25) is 0 Å². The minimum atomic E-state index is -0.289. The van der Waals surface area contributed by atoms with Gasteiger partial charge in [-0.15, -0.1) is 12.4 Å². The maximum atomic E-state index is 12.0. The van der Waals surface area contributed by atoms with Gasteiger partial charge < -0.3 is 10.5 Å². The summed E-state index contributed by atoms with van der Waals surface area (Å²) >= 11 is 0.932. The van der Waals surface area contributed by atoms with E-state index in [9.17, 15) is 9.59 Å². The number of carbonyl (C=O) groups is 2. The summed E-state index contributed by atoms with van der Waals surface area (Å²) in [5.41, 5.74) is 6.19. The lowest BCUT2D eigenvalue weighted by atomic mass is 10.2.